The number of nitrogens with zero attached hydrogens (tertiary/aromatic N) is 1. The molecular formula is C11H11FNO4S-. The van der Waals surface area contributed by atoms with Crippen molar-refractivity contribution in [3.05, 3.63) is 30.1 Å². The second-order valence-electron chi connectivity index (χ2n) is 4.02. The zero-order chi connectivity index (χ0) is 13.3. The van der Waals surface area contributed by atoms with Crippen LogP contribution in [0.2, 0.25) is 0 Å². The number of carboxylic acid groups (broad SMARTS) is 1. The number of halogens is 1. The lowest BCUT2D eigenvalue weighted by Crippen LogP contribution is -2.47. The Balaban J connectivity index is 2.43. The number of hydrogen-bond donors (Lipinski definition) is 0. The van der Waals surface area contributed by atoms with E-state index in [2.05, 4.69) is 0 Å². The Morgan fingerprint density at radius 2 is 2.06 bits per heavy atom. The second kappa shape index (κ2) is 4.66. The summed E-state index contributed by atoms with van der Waals surface area (Å²) >= 11 is 0. The largest absolute Gasteiger partial charge is 0.548 e. The van der Waals surface area contributed by atoms with Crippen LogP contribution < -0.4 is 5.11 Å². The molecular weight excluding hydrogens is 261 g/mol. The predicted octanol–water partition coefficient (Wildman–Crippen LogP) is -0.271. The Labute approximate surface area is 104 Å². The molecule has 0 spiro atoms. The maximum absolute atomic E-state index is 13.5. The van der Waals surface area contributed by atoms with Gasteiger partial charge in [-0.1, -0.05) is 12.1 Å². The summed E-state index contributed by atoms with van der Waals surface area (Å²) in [7, 11) is -4.13. The molecule has 1 saturated heterocycles. The van der Waals surface area contributed by atoms with Crippen molar-refractivity contribution in [3.8, 4) is 0 Å². The zero-order valence-corrected chi connectivity index (χ0v) is 10.2. The van der Waals surface area contributed by atoms with Gasteiger partial charge in [0.1, 0.15) is 10.7 Å². The van der Waals surface area contributed by atoms with E-state index in [0.717, 1.165) is 16.4 Å². The lowest BCUT2D eigenvalue weighted by Gasteiger charge is -2.24. The Morgan fingerprint density at radius 1 is 1.39 bits per heavy atom. The average molecular weight is 272 g/mol. The van der Waals surface area contributed by atoms with E-state index in [-0.39, 0.29) is 13.0 Å². The van der Waals surface area contributed by atoms with Crippen molar-refractivity contribution < 1.29 is 22.7 Å². The SMILES string of the molecule is O=C([O-])[C@@H]1CCCN1S(=O)(=O)c1ccccc1F. The van der Waals surface area contributed by atoms with E-state index < -0.39 is 32.7 Å². The van der Waals surface area contributed by atoms with Gasteiger partial charge in [-0.2, -0.15) is 4.31 Å². The van der Waals surface area contributed by atoms with Crippen molar-refractivity contribution in [2.75, 3.05) is 6.54 Å². The summed E-state index contributed by atoms with van der Waals surface area (Å²) in [5, 5.41) is 10.9. The van der Waals surface area contributed by atoms with Gasteiger partial charge in [-0.25, -0.2) is 12.8 Å². The van der Waals surface area contributed by atoms with Gasteiger partial charge in [-0.05, 0) is 25.0 Å². The topological polar surface area (TPSA) is 77.5 Å². The summed E-state index contributed by atoms with van der Waals surface area (Å²) in [5.74, 6) is -2.34. The van der Waals surface area contributed by atoms with E-state index in [1.165, 1.54) is 12.1 Å². The monoisotopic (exact) mass is 272 g/mol. The molecule has 0 aromatic heterocycles. The molecule has 1 fully saturated rings. The van der Waals surface area contributed by atoms with E-state index in [0.29, 0.717) is 6.42 Å². The number of aliphatic carboxylic acids is 1. The minimum Gasteiger partial charge on any atom is -0.548 e. The van der Waals surface area contributed by atoms with E-state index in [4.69, 9.17) is 0 Å². The Bertz CT molecular complexity index is 572. The van der Waals surface area contributed by atoms with Crippen LogP contribution in [-0.4, -0.2) is 31.3 Å². The first-order chi connectivity index (χ1) is 8.44. The molecule has 0 N–H and O–H groups in total. The fourth-order valence-corrected chi connectivity index (χ4v) is 3.76. The van der Waals surface area contributed by atoms with Gasteiger partial charge in [0.25, 0.3) is 0 Å². The molecule has 98 valence electrons. The first-order valence-corrected chi connectivity index (χ1v) is 6.86. The van der Waals surface area contributed by atoms with Crippen LogP contribution >= 0.6 is 0 Å². The summed E-state index contributed by atoms with van der Waals surface area (Å²) in [6.45, 7) is 0.0648. The number of hydrogen-bond acceptors (Lipinski definition) is 4. The number of rotatable bonds is 3. The fourth-order valence-electron chi connectivity index (χ4n) is 2.04. The highest BCUT2D eigenvalue weighted by molar-refractivity contribution is 7.89. The highest BCUT2D eigenvalue weighted by atomic mass is 32.2. The van der Waals surface area contributed by atoms with Crippen LogP contribution in [0.15, 0.2) is 29.2 Å². The third kappa shape index (κ3) is 2.11. The summed E-state index contributed by atoms with van der Waals surface area (Å²) in [4.78, 5) is 10.4. The van der Waals surface area contributed by atoms with Crippen LogP contribution in [0.25, 0.3) is 0 Å². The molecule has 1 aliphatic rings. The van der Waals surface area contributed by atoms with Crippen molar-refractivity contribution >= 4 is 16.0 Å². The molecule has 7 heteroatoms. The minimum atomic E-state index is -4.13. The van der Waals surface area contributed by atoms with Crippen molar-refractivity contribution in [2.45, 2.75) is 23.8 Å². The molecule has 0 amide bonds. The number of sulfonamides is 1. The Morgan fingerprint density at radius 3 is 2.67 bits per heavy atom. The van der Waals surface area contributed by atoms with Gasteiger partial charge in [0.15, 0.2) is 0 Å². The van der Waals surface area contributed by atoms with Crippen LogP contribution in [0.3, 0.4) is 0 Å². The third-order valence-electron chi connectivity index (χ3n) is 2.90. The summed E-state index contributed by atoms with van der Waals surface area (Å²) in [6.07, 6.45) is 0.613. The van der Waals surface area contributed by atoms with E-state index in [9.17, 15) is 22.7 Å². The van der Waals surface area contributed by atoms with Gasteiger partial charge in [0.05, 0.1) is 12.0 Å². The minimum absolute atomic E-state index is 0.0648. The lowest BCUT2D eigenvalue weighted by molar-refractivity contribution is -0.309. The van der Waals surface area contributed by atoms with Crippen LogP contribution in [0.5, 0.6) is 0 Å². The van der Waals surface area contributed by atoms with Gasteiger partial charge in [-0.15, -0.1) is 0 Å². The molecule has 5 nitrogen and oxygen atoms in total. The van der Waals surface area contributed by atoms with Gasteiger partial charge in [0, 0.05) is 6.54 Å². The van der Waals surface area contributed by atoms with Crippen molar-refractivity contribution in [2.24, 2.45) is 0 Å². The van der Waals surface area contributed by atoms with E-state index >= 15 is 0 Å². The molecule has 0 saturated carbocycles. The molecule has 1 aliphatic heterocycles. The van der Waals surface area contributed by atoms with Crippen LogP contribution in [0.1, 0.15) is 12.8 Å². The van der Waals surface area contributed by atoms with Gasteiger partial charge in [-0.3, -0.25) is 0 Å². The quantitative estimate of drug-likeness (QED) is 0.758. The molecule has 0 bridgehead atoms. The standard InChI is InChI=1S/C11H12FNO4S/c12-8-4-1-2-6-10(8)18(16,17)13-7-3-5-9(13)11(14)15/h1-2,4,6,9H,3,5,7H2,(H,14,15)/p-1/t9-/m0/s1. The third-order valence-corrected chi connectivity index (χ3v) is 4.84. The van der Waals surface area contributed by atoms with Gasteiger partial charge in [0.2, 0.25) is 10.0 Å². The zero-order valence-electron chi connectivity index (χ0n) is 9.37. The highest BCUT2D eigenvalue weighted by Gasteiger charge is 2.37. The van der Waals surface area contributed by atoms with Crippen molar-refractivity contribution in [1.82, 2.24) is 4.31 Å². The molecule has 1 aromatic carbocycles. The molecule has 0 aliphatic carbocycles. The van der Waals surface area contributed by atoms with E-state index in [1.54, 1.807) is 0 Å². The average Bonchev–Trinajstić information content (AvgIpc) is 2.78. The Hall–Kier alpha value is -1.47. The number of carboxylic acids is 1. The van der Waals surface area contributed by atoms with Gasteiger partial charge < -0.3 is 9.90 Å². The normalized spacial score (nSPS) is 21.1. The first kappa shape index (κ1) is 13.0. The summed E-state index contributed by atoms with van der Waals surface area (Å²) in [6, 6.07) is 3.69. The van der Waals surface area contributed by atoms with Crippen molar-refractivity contribution in [3.63, 3.8) is 0 Å². The smallest absolute Gasteiger partial charge is 0.246 e. The summed E-state index contributed by atoms with van der Waals surface area (Å²) in [5.41, 5.74) is 0. The fraction of sp³-hybridized carbons (Fsp3) is 0.364. The molecule has 1 aromatic rings. The van der Waals surface area contributed by atoms with Crippen LogP contribution in [0.4, 0.5) is 4.39 Å². The number of carbonyl (C=O) groups excluding carboxylic acids is 1. The molecule has 0 unspecified atom stereocenters. The van der Waals surface area contributed by atoms with Gasteiger partial charge >= 0.3 is 0 Å². The Kier molecular flexibility index (Phi) is 3.36. The molecule has 18 heavy (non-hydrogen) atoms. The molecule has 2 rings (SSSR count). The maximum atomic E-state index is 13.5. The first-order valence-electron chi connectivity index (χ1n) is 5.42. The number of benzene rings is 1. The highest BCUT2D eigenvalue weighted by Crippen LogP contribution is 2.27. The lowest BCUT2D eigenvalue weighted by atomic mass is 10.2. The molecule has 1 heterocycles. The second-order valence-corrected chi connectivity index (χ2v) is 5.88. The number of carbonyl (C=O) groups is 1. The van der Waals surface area contributed by atoms with E-state index in [1.807, 2.05) is 0 Å². The predicted molar refractivity (Wildman–Crippen MR) is 58.3 cm³/mol. The van der Waals surface area contributed by atoms with Crippen LogP contribution in [-0.2, 0) is 14.8 Å². The van der Waals surface area contributed by atoms with Crippen molar-refractivity contribution in [1.29, 1.82) is 0 Å². The van der Waals surface area contributed by atoms with Crippen LogP contribution in [0, 0.1) is 5.82 Å². The molecule has 1 atom stereocenters. The molecule has 0 radical (unpaired) electrons. The summed E-state index contributed by atoms with van der Waals surface area (Å²) < 4.78 is 38.6. The maximum Gasteiger partial charge on any atom is 0.246 e.